The molecule has 0 saturated heterocycles. The fraction of sp³-hybridized carbons (Fsp3) is 0.150. The van der Waals surface area contributed by atoms with Crippen LogP contribution < -0.4 is 4.74 Å². The first-order chi connectivity index (χ1) is 11.3. The first-order valence-electron chi connectivity index (χ1n) is 7.61. The van der Waals surface area contributed by atoms with Gasteiger partial charge in [-0.15, -0.1) is 0 Å². The van der Waals surface area contributed by atoms with Crippen molar-refractivity contribution < 1.29 is 19.7 Å². The van der Waals surface area contributed by atoms with Crippen LogP contribution in [0.5, 0.6) is 17.2 Å². The average molecular weight is 322 g/mol. The average Bonchev–Trinajstić information content (AvgIpc) is 2.52. The molecule has 4 heteroatoms. The summed E-state index contributed by atoms with van der Waals surface area (Å²) in [6.07, 6.45) is 6.83. The van der Waals surface area contributed by atoms with Gasteiger partial charge in [-0.2, -0.15) is 0 Å². The maximum absolute atomic E-state index is 12.4. The van der Waals surface area contributed by atoms with E-state index < -0.39 is 5.60 Å². The molecule has 24 heavy (non-hydrogen) atoms. The molecule has 3 rings (SSSR count). The lowest BCUT2D eigenvalue weighted by Crippen LogP contribution is -2.27. The van der Waals surface area contributed by atoms with Gasteiger partial charge in [0.25, 0.3) is 0 Å². The van der Waals surface area contributed by atoms with Gasteiger partial charge in [0.15, 0.2) is 5.78 Å². The number of phenols is 2. The van der Waals surface area contributed by atoms with Gasteiger partial charge >= 0.3 is 0 Å². The Morgan fingerprint density at radius 3 is 2.54 bits per heavy atom. The third-order valence-electron chi connectivity index (χ3n) is 3.75. The number of rotatable bonds is 3. The van der Waals surface area contributed by atoms with Crippen molar-refractivity contribution in [1.82, 2.24) is 0 Å². The summed E-state index contributed by atoms with van der Waals surface area (Å²) in [7, 11) is 0. The Kier molecular flexibility index (Phi) is 3.89. The van der Waals surface area contributed by atoms with Crippen LogP contribution in [0.1, 0.15) is 35.3 Å². The van der Waals surface area contributed by atoms with Gasteiger partial charge in [0, 0.05) is 11.6 Å². The normalized spacial score (nSPS) is 15.1. The Bertz CT molecular complexity index is 843. The highest BCUT2D eigenvalue weighted by atomic mass is 16.5. The van der Waals surface area contributed by atoms with Gasteiger partial charge in [-0.25, -0.2) is 0 Å². The van der Waals surface area contributed by atoms with Crippen molar-refractivity contribution in [3.05, 3.63) is 65.2 Å². The topological polar surface area (TPSA) is 66.8 Å². The van der Waals surface area contributed by atoms with E-state index in [0.717, 1.165) is 11.1 Å². The van der Waals surface area contributed by atoms with Crippen molar-refractivity contribution >= 4 is 17.9 Å². The van der Waals surface area contributed by atoms with Gasteiger partial charge < -0.3 is 14.9 Å². The van der Waals surface area contributed by atoms with Crippen LogP contribution in [0.2, 0.25) is 0 Å². The predicted octanol–water partition coefficient (Wildman–Crippen LogP) is 4.18. The van der Waals surface area contributed by atoms with Crippen molar-refractivity contribution in [3.8, 4) is 17.2 Å². The van der Waals surface area contributed by atoms with Crippen LogP contribution in [0.15, 0.2) is 48.6 Å². The number of fused-ring (bicyclic) bond motifs is 1. The number of phenolic OH excluding ortho intramolecular Hbond substituents is 2. The molecule has 1 aliphatic heterocycles. The quantitative estimate of drug-likeness (QED) is 0.657. The molecule has 1 aliphatic rings. The van der Waals surface area contributed by atoms with Crippen LogP contribution in [0.4, 0.5) is 0 Å². The van der Waals surface area contributed by atoms with E-state index in [4.69, 9.17) is 4.74 Å². The molecule has 0 unspecified atom stereocenters. The van der Waals surface area contributed by atoms with Gasteiger partial charge in [-0.3, -0.25) is 4.79 Å². The molecule has 122 valence electrons. The van der Waals surface area contributed by atoms with Crippen molar-refractivity contribution in [2.75, 3.05) is 0 Å². The van der Waals surface area contributed by atoms with Crippen LogP contribution in [-0.2, 0) is 0 Å². The monoisotopic (exact) mass is 322 g/mol. The van der Waals surface area contributed by atoms with Gasteiger partial charge in [0.2, 0.25) is 0 Å². The number of carbonyl (C=O) groups is 1. The minimum Gasteiger partial charge on any atom is -0.508 e. The summed E-state index contributed by atoms with van der Waals surface area (Å²) in [5.74, 6) is 0.307. The molecule has 0 fully saturated rings. The zero-order chi connectivity index (χ0) is 17.3. The standard InChI is InChI=1S/C20H18O4/c1-20(2)10-9-14-11-16(18(23)12-19(14)24-20)17(22)8-5-13-3-6-15(21)7-4-13/h3-12,21,23H,1-2H3/b8-5+. The Morgan fingerprint density at radius 1 is 1.12 bits per heavy atom. The summed E-state index contributed by atoms with van der Waals surface area (Å²) in [5.41, 5.74) is 1.32. The van der Waals surface area contributed by atoms with Crippen molar-refractivity contribution in [2.24, 2.45) is 0 Å². The lowest BCUT2D eigenvalue weighted by molar-refractivity contribution is 0.104. The number of hydrogen-bond donors (Lipinski definition) is 2. The highest BCUT2D eigenvalue weighted by Gasteiger charge is 2.23. The number of carbonyl (C=O) groups excluding carboxylic acids is 1. The molecule has 1 heterocycles. The van der Waals surface area contributed by atoms with Crippen LogP contribution >= 0.6 is 0 Å². The van der Waals surface area contributed by atoms with Crippen LogP contribution in [-0.4, -0.2) is 21.6 Å². The van der Waals surface area contributed by atoms with Crippen LogP contribution in [0.3, 0.4) is 0 Å². The summed E-state index contributed by atoms with van der Waals surface area (Å²) in [4.78, 5) is 12.4. The van der Waals surface area contributed by atoms with Crippen molar-refractivity contribution in [2.45, 2.75) is 19.4 Å². The summed E-state index contributed by atoms with van der Waals surface area (Å²) in [6, 6.07) is 9.59. The molecule has 0 atom stereocenters. The minimum atomic E-state index is -0.441. The molecule has 0 aliphatic carbocycles. The Morgan fingerprint density at radius 2 is 1.83 bits per heavy atom. The van der Waals surface area contributed by atoms with Crippen LogP contribution in [0, 0.1) is 0 Å². The van der Waals surface area contributed by atoms with E-state index in [1.807, 2.05) is 26.0 Å². The third kappa shape index (κ3) is 3.33. The highest BCUT2D eigenvalue weighted by Crippen LogP contribution is 2.35. The fourth-order valence-corrected chi connectivity index (χ4v) is 2.46. The minimum absolute atomic E-state index is 0.111. The summed E-state index contributed by atoms with van der Waals surface area (Å²) < 4.78 is 5.78. The molecule has 0 bridgehead atoms. The third-order valence-corrected chi connectivity index (χ3v) is 3.75. The zero-order valence-electron chi connectivity index (χ0n) is 13.5. The second-order valence-corrected chi connectivity index (χ2v) is 6.24. The molecule has 0 saturated carbocycles. The van der Waals surface area contributed by atoms with Crippen molar-refractivity contribution in [1.29, 1.82) is 0 Å². The fourth-order valence-electron chi connectivity index (χ4n) is 2.46. The van der Waals surface area contributed by atoms with E-state index in [2.05, 4.69) is 0 Å². The number of benzene rings is 2. The molecule has 2 aromatic rings. The van der Waals surface area contributed by atoms with E-state index in [1.165, 1.54) is 12.1 Å². The van der Waals surface area contributed by atoms with Gasteiger partial charge in [0.1, 0.15) is 22.8 Å². The summed E-state index contributed by atoms with van der Waals surface area (Å²) in [5, 5.41) is 19.4. The lowest BCUT2D eigenvalue weighted by Gasteiger charge is -2.28. The maximum Gasteiger partial charge on any atom is 0.189 e. The molecular formula is C20H18O4. The molecule has 0 spiro atoms. The Labute approximate surface area is 140 Å². The van der Waals surface area contributed by atoms with E-state index in [1.54, 1.807) is 36.4 Å². The molecule has 4 nitrogen and oxygen atoms in total. The second-order valence-electron chi connectivity index (χ2n) is 6.24. The number of ether oxygens (including phenoxy) is 1. The molecule has 0 amide bonds. The summed E-state index contributed by atoms with van der Waals surface area (Å²) >= 11 is 0. The molecule has 2 N–H and O–H groups in total. The van der Waals surface area contributed by atoms with Crippen LogP contribution in [0.25, 0.3) is 12.2 Å². The number of hydrogen-bond acceptors (Lipinski definition) is 4. The van der Waals surface area contributed by atoms with Gasteiger partial charge in [-0.05, 0) is 49.8 Å². The number of aromatic hydroxyl groups is 2. The Balaban J connectivity index is 1.87. The SMILES string of the molecule is CC1(C)C=Cc2cc(C(=O)/C=C/c3ccc(O)cc3)c(O)cc2O1. The smallest absolute Gasteiger partial charge is 0.189 e. The molecule has 0 radical (unpaired) electrons. The summed E-state index contributed by atoms with van der Waals surface area (Å²) in [6.45, 7) is 3.84. The number of ketones is 1. The largest absolute Gasteiger partial charge is 0.508 e. The van der Waals surface area contributed by atoms with Gasteiger partial charge in [0.05, 0.1) is 5.56 Å². The lowest BCUT2D eigenvalue weighted by atomic mass is 9.98. The highest BCUT2D eigenvalue weighted by molar-refractivity contribution is 6.09. The molecular weight excluding hydrogens is 304 g/mol. The van der Waals surface area contributed by atoms with E-state index in [-0.39, 0.29) is 22.8 Å². The first kappa shape index (κ1) is 15.9. The second kappa shape index (κ2) is 5.89. The van der Waals surface area contributed by atoms with Crippen molar-refractivity contribution in [3.63, 3.8) is 0 Å². The maximum atomic E-state index is 12.4. The van der Waals surface area contributed by atoms with Gasteiger partial charge in [-0.1, -0.05) is 24.3 Å². The molecule has 2 aromatic carbocycles. The predicted molar refractivity (Wildman–Crippen MR) is 93.3 cm³/mol. The van der Waals surface area contributed by atoms with E-state index in [0.29, 0.717) is 5.75 Å². The zero-order valence-corrected chi connectivity index (χ0v) is 13.5. The molecule has 0 aromatic heterocycles. The first-order valence-corrected chi connectivity index (χ1v) is 7.61. The van der Waals surface area contributed by atoms with E-state index in [9.17, 15) is 15.0 Å². The van der Waals surface area contributed by atoms with E-state index >= 15 is 0 Å². The number of allylic oxidation sites excluding steroid dienone is 1. The Hall–Kier alpha value is -3.01.